The fraction of sp³-hybridized carbons (Fsp3) is 0.231. The van der Waals surface area contributed by atoms with Crippen LogP contribution in [0.25, 0.3) is 11.0 Å². The maximum absolute atomic E-state index is 12.5. The summed E-state index contributed by atoms with van der Waals surface area (Å²) in [6.45, 7) is 5.81. The predicted molar refractivity (Wildman–Crippen MR) is 123 cm³/mol. The van der Waals surface area contributed by atoms with E-state index < -0.39 is 0 Å². The van der Waals surface area contributed by atoms with Crippen LogP contribution >= 0.6 is 0 Å². The van der Waals surface area contributed by atoms with Crippen molar-refractivity contribution >= 4 is 16.9 Å². The van der Waals surface area contributed by atoms with Gasteiger partial charge in [-0.3, -0.25) is 4.79 Å². The predicted octanol–water partition coefficient (Wildman–Crippen LogP) is 5.05. The highest BCUT2D eigenvalue weighted by atomic mass is 16.5. The molecule has 1 heterocycles. The minimum Gasteiger partial charge on any atom is -0.493 e. The number of carbonyl (C=O) groups excluding carboxylic acids is 1. The molecule has 4 rings (SSSR count). The van der Waals surface area contributed by atoms with Gasteiger partial charge in [0, 0.05) is 12.1 Å². The lowest BCUT2D eigenvalue weighted by Crippen LogP contribution is -2.25. The number of hydrogen-bond donors (Lipinski definition) is 1. The molecule has 1 amide bonds. The van der Waals surface area contributed by atoms with Crippen LogP contribution < -0.4 is 10.1 Å². The second kappa shape index (κ2) is 9.47. The summed E-state index contributed by atoms with van der Waals surface area (Å²) in [6, 6.07) is 23.7. The third kappa shape index (κ3) is 4.94. The van der Waals surface area contributed by atoms with Crippen LogP contribution in [0.1, 0.15) is 33.7 Å². The molecule has 158 valence electrons. The summed E-state index contributed by atoms with van der Waals surface area (Å²) in [4.78, 5) is 17.3. The van der Waals surface area contributed by atoms with E-state index in [4.69, 9.17) is 9.72 Å². The fourth-order valence-electron chi connectivity index (χ4n) is 3.60. The topological polar surface area (TPSA) is 56.2 Å². The maximum atomic E-state index is 12.5. The van der Waals surface area contributed by atoms with Crippen LogP contribution in [0.4, 0.5) is 0 Å². The summed E-state index contributed by atoms with van der Waals surface area (Å²) in [7, 11) is 0. The minimum atomic E-state index is -0.0958. The largest absolute Gasteiger partial charge is 0.493 e. The lowest BCUT2D eigenvalue weighted by molar-refractivity contribution is 0.0949. The number of rotatable bonds is 8. The van der Waals surface area contributed by atoms with Crippen molar-refractivity contribution in [3.05, 3.63) is 95.3 Å². The number of benzene rings is 3. The molecule has 0 aliphatic rings. The lowest BCUT2D eigenvalue weighted by atomic mass is 10.1. The second-order valence-corrected chi connectivity index (χ2v) is 7.68. The normalized spacial score (nSPS) is 10.9. The van der Waals surface area contributed by atoms with Gasteiger partial charge in [0.15, 0.2) is 0 Å². The van der Waals surface area contributed by atoms with Gasteiger partial charge in [0.05, 0.1) is 24.2 Å². The number of aryl methyl sites for hydroxylation is 3. The number of imidazole rings is 1. The van der Waals surface area contributed by atoms with Crippen LogP contribution in [-0.4, -0.2) is 22.1 Å². The maximum Gasteiger partial charge on any atom is 0.251 e. The Bertz CT molecular complexity index is 1180. The quantitative estimate of drug-likeness (QED) is 0.411. The van der Waals surface area contributed by atoms with E-state index in [1.165, 1.54) is 0 Å². The van der Waals surface area contributed by atoms with Crippen LogP contribution in [0.5, 0.6) is 5.75 Å². The van der Waals surface area contributed by atoms with Crippen molar-refractivity contribution in [2.75, 3.05) is 6.61 Å². The standard InChI is InChI=1S/C26H27N3O2/c1-19-12-14-21(15-13-19)26(30)27-18-25-28-22-9-4-5-10-23(22)29(25)16-7-17-31-24-11-6-3-8-20(24)2/h3-6,8-15H,7,16-18H2,1-2H3,(H,27,30). The molecule has 5 nitrogen and oxygen atoms in total. The van der Waals surface area contributed by atoms with Crippen LogP contribution in [0, 0.1) is 13.8 Å². The summed E-state index contributed by atoms with van der Waals surface area (Å²) < 4.78 is 8.12. The van der Waals surface area contributed by atoms with E-state index in [-0.39, 0.29) is 5.91 Å². The Morgan fingerprint density at radius 2 is 1.71 bits per heavy atom. The molecule has 5 heteroatoms. The van der Waals surface area contributed by atoms with Gasteiger partial charge in [-0.15, -0.1) is 0 Å². The van der Waals surface area contributed by atoms with Crippen molar-refractivity contribution in [2.24, 2.45) is 0 Å². The van der Waals surface area contributed by atoms with Gasteiger partial charge < -0.3 is 14.6 Å². The lowest BCUT2D eigenvalue weighted by Gasteiger charge is -2.12. The molecule has 0 fully saturated rings. The zero-order chi connectivity index (χ0) is 21.6. The van der Waals surface area contributed by atoms with Crippen molar-refractivity contribution in [3.63, 3.8) is 0 Å². The molecule has 0 spiro atoms. The molecular weight excluding hydrogens is 386 g/mol. The Labute approximate surface area is 182 Å². The molecule has 0 saturated heterocycles. The van der Waals surface area contributed by atoms with Gasteiger partial charge in [-0.2, -0.15) is 0 Å². The summed E-state index contributed by atoms with van der Waals surface area (Å²) in [5.74, 6) is 1.67. The number of nitrogens with one attached hydrogen (secondary N) is 1. The SMILES string of the molecule is Cc1ccc(C(=O)NCc2nc3ccccc3n2CCCOc2ccccc2C)cc1. The number of fused-ring (bicyclic) bond motifs is 1. The van der Waals surface area contributed by atoms with Crippen molar-refractivity contribution in [2.45, 2.75) is 33.4 Å². The zero-order valence-corrected chi connectivity index (χ0v) is 18.0. The van der Waals surface area contributed by atoms with E-state index in [9.17, 15) is 4.79 Å². The van der Waals surface area contributed by atoms with Crippen LogP contribution in [-0.2, 0) is 13.1 Å². The third-order valence-corrected chi connectivity index (χ3v) is 5.33. The fourth-order valence-corrected chi connectivity index (χ4v) is 3.60. The summed E-state index contributed by atoms with van der Waals surface area (Å²) in [5, 5.41) is 3.01. The molecule has 0 aliphatic heterocycles. The summed E-state index contributed by atoms with van der Waals surface area (Å²) in [5.41, 5.74) is 4.92. The first-order valence-electron chi connectivity index (χ1n) is 10.6. The van der Waals surface area contributed by atoms with Gasteiger partial charge in [-0.25, -0.2) is 4.98 Å². The molecule has 3 aromatic carbocycles. The van der Waals surface area contributed by atoms with Crippen molar-refractivity contribution in [1.29, 1.82) is 0 Å². The van der Waals surface area contributed by atoms with E-state index in [2.05, 4.69) is 16.0 Å². The number of ether oxygens (including phenoxy) is 1. The molecule has 4 aromatic rings. The first-order valence-corrected chi connectivity index (χ1v) is 10.6. The van der Waals surface area contributed by atoms with E-state index in [1.54, 1.807) is 0 Å². The van der Waals surface area contributed by atoms with Crippen molar-refractivity contribution in [1.82, 2.24) is 14.9 Å². The van der Waals surface area contributed by atoms with Crippen molar-refractivity contribution < 1.29 is 9.53 Å². The third-order valence-electron chi connectivity index (χ3n) is 5.33. The second-order valence-electron chi connectivity index (χ2n) is 7.68. The molecular formula is C26H27N3O2. The Morgan fingerprint density at radius 3 is 2.52 bits per heavy atom. The minimum absolute atomic E-state index is 0.0958. The number of carbonyl (C=O) groups is 1. The Morgan fingerprint density at radius 1 is 0.968 bits per heavy atom. The highest BCUT2D eigenvalue weighted by Crippen LogP contribution is 2.19. The number of hydrogen-bond acceptors (Lipinski definition) is 3. The number of para-hydroxylation sites is 3. The number of amides is 1. The van der Waals surface area contributed by atoms with Gasteiger partial charge >= 0.3 is 0 Å². The Kier molecular flexibility index (Phi) is 6.32. The average Bonchev–Trinajstić information content (AvgIpc) is 3.14. The number of nitrogens with zero attached hydrogens (tertiary/aromatic N) is 2. The van der Waals surface area contributed by atoms with Gasteiger partial charge in [0.25, 0.3) is 5.91 Å². The molecule has 31 heavy (non-hydrogen) atoms. The highest BCUT2D eigenvalue weighted by Gasteiger charge is 2.12. The van der Waals surface area contributed by atoms with E-state index in [0.717, 1.165) is 46.7 Å². The monoisotopic (exact) mass is 413 g/mol. The van der Waals surface area contributed by atoms with E-state index in [1.807, 2.05) is 80.6 Å². The van der Waals surface area contributed by atoms with E-state index in [0.29, 0.717) is 18.7 Å². The highest BCUT2D eigenvalue weighted by molar-refractivity contribution is 5.94. The number of aromatic nitrogens is 2. The Balaban J connectivity index is 1.43. The van der Waals surface area contributed by atoms with Gasteiger partial charge in [-0.05, 0) is 56.2 Å². The van der Waals surface area contributed by atoms with E-state index >= 15 is 0 Å². The van der Waals surface area contributed by atoms with Gasteiger partial charge in [0.1, 0.15) is 11.6 Å². The summed E-state index contributed by atoms with van der Waals surface area (Å²) in [6.07, 6.45) is 0.841. The van der Waals surface area contributed by atoms with Crippen molar-refractivity contribution in [3.8, 4) is 5.75 Å². The molecule has 1 N–H and O–H groups in total. The summed E-state index contributed by atoms with van der Waals surface area (Å²) >= 11 is 0. The first-order chi connectivity index (χ1) is 15.1. The van der Waals surface area contributed by atoms with Crippen LogP contribution in [0.15, 0.2) is 72.8 Å². The van der Waals surface area contributed by atoms with Crippen LogP contribution in [0.3, 0.4) is 0 Å². The molecule has 0 saturated carbocycles. The molecule has 0 atom stereocenters. The van der Waals surface area contributed by atoms with Crippen LogP contribution in [0.2, 0.25) is 0 Å². The smallest absolute Gasteiger partial charge is 0.251 e. The average molecular weight is 414 g/mol. The first kappa shape index (κ1) is 20.7. The molecule has 0 radical (unpaired) electrons. The molecule has 0 aliphatic carbocycles. The molecule has 0 bridgehead atoms. The van der Waals surface area contributed by atoms with Gasteiger partial charge in [-0.1, -0.05) is 48.0 Å². The molecule has 0 unspecified atom stereocenters. The molecule has 1 aromatic heterocycles. The Hall–Kier alpha value is -3.60. The zero-order valence-electron chi connectivity index (χ0n) is 18.0. The van der Waals surface area contributed by atoms with Gasteiger partial charge in [0.2, 0.25) is 0 Å².